The van der Waals surface area contributed by atoms with Gasteiger partial charge in [-0.05, 0) is 37.6 Å². The van der Waals surface area contributed by atoms with Crippen molar-refractivity contribution >= 4 is 35.0 Å². The molecule has 0 saturated carbocycles. The Balaban J connectivity index is 1.73. The first-order valence-electron chi connectivity index (χ1n) is 9.16. The molecule has 3 aromatic rings. The van der Waals surface area contributed by atoms with Crippen LogP contribution in [0, 0.1) is 13.8 Å². The number of hydrogen-bond acceptors (Lipinski definition) is 5. The number of carbonyl (C=O) groups excluding carboxylic acids is 1. The predicted molar refractivity (Wildman–Crippen MR) is 118 cm³/mol. The molecule has 3 rings (SSSR count). The maximum atomic E-state index is 12.4. The van der Waals surface area contributed by atoms with E-state index >= 15 is 0 Å². The van der Waals surface area contributed by atoms with Gasteiger partial charge in [-0.15, -0.1) is 10.2 Å². The number of rotatable bonds is 8. The second-order valence-corrected chi connectivity index (χ2v) is 7.99. The fourth-order valence-corrected chi connectivity index (χ4v) is 3.86. The van der Waals surface area contributed by atoms with E-state index in [4.69, 9.17) is 16.3 Å². The maximum Gasteiger partial charge on any atom is 0.234 e. The third kappa shape index (κ3) is 5.59. The summed E-state index contributed by atoms with van der Waals surface area (Å²) in [5.74, 6) is 0.803. The van der Waals surface area contributed by atoms with Gasteiger partial charge in [0.2, 0.25) is 5.91 Å². The molecule has 152 valence electrons. The number of nitrogens with zero attached hydrogens (tertiary/aromatic N) is 3. The molecule has 29 heavy (non-hydrogen) atoms. The number of nitrogens with one attached hydrogen (secondary N) is 1. The minimum Gasteiger partial charge on any atom is -0.383 e. The molecule has 0 bridgehead atoms. The normalized spacial score (nSPS) is 10.9. The van der Waals surface area contributed by atoms with E-state index in [1.807, 2.05) is 48.7 Å². The van der Waals surface area contributed by atoms with Gasteiger partial charge in [0.15, 0.2) is 11.0 Å². The summed E-state index contributed by atoms with van der Waals surface area (Å²) >= 11 is 7.53. The number of halogens is 1. The predicted octanol–water partition coefficient (Wildman–Crippen LogP) is 4.59. The molecule has 6 nitrogen and oxygen atoms in total. The van der Waals surface area contributed by atoms with Gasteiger partial charge in [-0.1, -0.05) is 53.2 Å². The van der Waals surface area contributed by atoms with Crippen LogP contribution < -0.4 is 5.32 Å². The Morgan fingerprint density at radius 2 is 1.97 bits per heavy atom. The van der Waals surface area contributed by atoms with Gasteiger partial charge in [-0.2, -0.15) is 0 Å². The Labute approximate surface area is 179 Å². The monoisotopic (exact) mass is 430 g/mol. The Morgan fingerprint density at radius 3 is 2.69 bits per heavy atom. The highest BCUT2D eigenvalue weighted by Gasteiger charge is 2.16. The molecule has 1 N–H and O–H groups in total. The van der Waals surface area contributed by atoms with Crippen molar-refractivity contribution in [1.82, 2.24) is 14.8 Å². The molecule has 0 saturated heterocycles. The summed E-state index contributed by atoms with van der Waals surface area (Å²) in [6.07, 6.45) is 0. The molecule has 1 heterocycles. The van der Waals surface area contributed by atoms with E-state index in [1.165, 1.54) is 11.8 Å². The lowest BCUT2D eigenvalue weighted by Crippen LogP contribution is -2.15. The molecule has 0 aliphatic heterocycles. The summed E-state index contributed by atoms with van der Waals surface area (Å²) < 4.78 is 7.21. The first kappa shape index (κ1) is 21.4. The summed E-state index contributed by atoms with van der Waals surface area (Å²) in [7, 11) is 1.66. The molecule has 1 amide bonds. The topological polar surface area (TPSA) is 69.0 Å². The average Bonchev–Trinajstić information content (AvgIpc) is 3.09. The van der Waals surface area contributed by atoms with E-state index in [0.717, 1.165) is 22.5 Å². The van der Waals surface area contributed by atoms with Gasteiger partial charge in [0.25, 0.3) is 0 Å². The molecule has 0 atom stereocenters. The van der Waals surface area contributed by atoms with Gasteiger partial charge in [-0.25, -0.2) is 0 Å². The van der Waals surface area contributed by atoms with E-state index in [2.05, 4.69) is 21.6 Å². The lowest BCUT2D eigenvalue weighted by atomic mass is 10.1. The summed E-state index contributed by atoms with van der Waals surface area (Å²) in [5.41, 5.74) is 3.77. The number of methoxy groups -OCH3 is 1. The summed E-state index contributed by atoms with van der Waals surface area (Å²) in [5, 5.41) is 12.7. The van der Waals surface area contributed by atoms with Crippen LogP contribution in [0.5, 0.6) is 0 Å². The average molecular weight is 431 g/mol. The molecular formula is C21H23ClN4O2S. The molecule has 0 unspecified atom stereocenters. The van der Waals surface area contributed by atoms with Gasteiger partial charge in [-0.3, -0.25) is 9.36 Å². The van der Waals surface area contributed by atoms with Crippen molar-refractivity contribution < 1.29 is 9.53 Å². The molecule has 0 aliphatic rings. The van der Waals surface area contributed by atoms with Crippen LogP contribution in [0.25, 0.3) is 11.4 Å². The number of aryl methyl sites for hydroxylation is 2. The van der Waals surface area contributed by atoms with Crippen molar-refractivity contribution in [3.8, 4) is 11.4 Å². The van der Waals surface area contributed by atoms with Crippen LogP contribution in [0.15, 0.2) is 47.6 Å². The maximum absolute atomic E-state index is 12.4. The van der Waals surface area contributed by atoms with Crippen LogP contribution in [-0.4, -0.2) is 40.1 Å². The largest absolute Gasteiger partial charge is 0.383 e. The van der Waals surface area contributed by atoms with Crippen LogP contribution >= 0.6 is 23.4 Å². The molecule has 8 heteroatoms. The van der Waals surface area contributed by atoms with Crippen molar-refractivity contribution in [1.29, 1.82) is 0 Å². The van der Waals surface area contributed by atoms with Gasteiger partial charge >= 0.3 is 0 Å². The highest BCUT2D eigenvalue weighted by molar-refractivity contribution is 7.99. The Kier molecular flexibility index (Phi) is 7.30. The van der Waals surface area contributed by atoms with Crippen LogP contribution in [-0.2, 0) is 16.1 Å². The van der Waals surface area contributed by atoms with Crippen molar-refractivity contribution in [2.75, 3.05) is 24.8 Å². The van der Waals surface area contributed by atoms with Crippen molar-refractivity contribution in [2.45, 2.75) is 25.5 Å². The number of benzene rings is 2. The minimum absolute atomic E-state index is 0.154. The molecule has 0 aliphatic carbocycles. The zero-order valence-electron chi connectivity index (χ0n) is 16.6. The number of ether oxygens (including phenoxy) is 1. The van der Waals surface area contributed by atoms with Gasteiger partial charge in [0.1, 0.15) is 0 Å². The molecule has 0 spiro atoms. The zero-order valence-corrected chi connectivity index (χ0v) is 18.2. The Morgan fingerprint density at radius 1 is 1.17 bits per heavy atom. The number of hydrogen-bond donors (Lipinski definition) is 1. The van der Waals surface area contributed by atoms with Crippen LogP contribution in [0.1, 0.15) is 11.1 Å². The fraction of sp³-hybridized carbons (Fsp3) is 0.286. The SMILES string of the molecule is COCCn1c(SCC(=O)Nc2ccc(C)cc2Cl)nnc1-c1cccc(C)c1. The van der Waals surface area contributed by atoms with E-state index < -0.39 is 0 Å². The van der Waals surface area contributed by atoms with E-state index in [-0.39, 0.29) is 11.7 Å². The van der Waals surface area contributed by atoms with Crippen LogP contribution in [0.3, 0.4) is 0 Å². The first-order valence-corrected chi connectivity index (χ1v) is 10.5. The van der Waals surface area contributed by atoms with Crippen LogP contribution in [0.2, 0.25) is 5.02 Å². The van der Waals surface area contributed by atoms with E-state index in [9.17, 15) is 4.79 Å². The fourth-order valence-electron chi connectivity index (χ4n) is 2.82. The summed E-state index contributed by atoms with van der Waals surface area (Å²) in [4.78, 5) is 12.4. The Bertz CT molecular complexity index is 1010. The highest BCUT2D eigenvalue weighted by atomic mass is 35.5. The first-order chi connectivity index (χ1) is 14.0. The molecule has 0 fully saturated rings. The molecular weight excluding hydrogens is 408 g/mol. The lowest BCUT2D eigenvalue weighted by molar-refractivity contribution is -0.113. The second-order valence-electron chi connectivity index (χ2n) is 6.64. The molecule has 1 aromatic heterocycles. The number of carbonyl (C=O) groups is 1. The quantitative estimate of drug-likeness (QED) is 0.529. The number of aromatic nitrogens is 3. The third-order valence-electron chi connectivity index (χ3n) is 4.24. The van der Waals surface area contributed by atoms with Crippen molar-refractivity contribution in [3.05, 3.63) is 58.6 Å². The minimum atomic E-state index is -0.154. The van der Waals surface area contributed by atoms with E-state index in [0.29, 0.717) is 29.0 Å². The summed E-state index contributed by atoms with van der Waals surface area (Å²) in [6, 6.07) is 13.6. The standard InChI is InChI=1S/C21H23ClN4O2S/c1-14-5-4-6-16(11-14)20-24-25-21(26(20)9-10-28-3)29-13-19(27)23-18-8-7-15(2)12-17(18)22/h4-8,11-12H,9-10,13H2,1-3H3,(H,23,27). The molecule has 0 radical (unpaired) electrons. The van der Waals surface area contributed by atoms with Crippen molar-refractivity contribution in [2.24, 2.45) is 0 Å². The second kappa shape index (κ2) is 9.91. The van der Waals surface area contributed by atoms with Crippen molar-refractivity contribution in [3.63, 3.8) is 0 Å². The summed E-state index contributed by atoms with van der Waals surface area (Å²) in [6.45, 7) is 5.11. The highest BCUT2D eigenvalue weighted by Crippen LogP contribution is 2.26. The zero-order chi connectivity index (χ0) is 20.8. The molecule has 2 aromatic carbocycles. The van der Waals surface area contributed by atoms with Gasteiger partial charge in [0.05, 0.1) is 29.6 Å². The van der Waals surface area contributed by atoms with Gasteiger partial charge in [0, 0.05) is 12.7 Å². The smallest absolute Gasteiger partial charge is 0.234 e. The lowest BCUT2D eigenvalue weighted by Gasteiger charge is -2.11. The third-order valence-corrected chi connectivity index (χ3v) is 5.52. The van der Waals surface area contributed by atoms with Gasteiger partial charge < -0.3 is 10.1 Å². The van der Waals surface area contributed by atoms with E-state index in [1.54, 1.807) is 13.2 Å². The number of thioether (sulfide) groups is 1. The van der Waals surface area contributed by atoms with Crippen LogP contribution in [0.4, 0.5) is 5.69 Å². The number of amides is 1. The number of anilines is 1. The Hall–Kier alpha value is -2.35.